The Morgan fingerprint density at radius 3 is 2.72 bits per heavy atom. The molecule has 6 heteroatoms. The lowest BCUT2D eigenvalue weighted by atomic mass is 10.1. The zero-order valence-corrected chi connectivity index (χ0v) is 15.4. The summed E-state index contributed by atoms with van der Waals surface area (Å²) in [6.07, 6.45) is 3.88. The Hall–Kier alpha value is -2.63. The highest BCUT2D eigenvalue weighted by molar-refractivity contribution is 5.80. The fourth-order valence-corrected chi connectivity index (χ4v) is 2.39. The highest BCUT2D eigenvalue weighted by Gasteiger charge is 2.08. The number of aryl methyl sites for hydroxylation is 2. The maximum absolute atomic E-state index is 4.62. The van der Waals surface area contributed by atoms with Crippen LogP contribution in [0.3, 0.4) is 0 Å². The first kappa shape index (κ1) is 18.7. The first-order chi connectivity index (χ1) is 12.1. The standard InChI is InChI=1S/C19H28N6/c1-5-13-20-19(21-14-18-24-23-16(3)25(18)4)22-15(2)11-12-17-9-7-6-8-10-17/h5-10,15H,1,11-14H2,2-4H3,(H2,20,21,22). The average Bonchev–Trinajstić information content (AvgIpc) is 2.95. The Kier molecular flexibility index (Phi) is 7.19. The summed E-state index contributed by atoms with van der Waals surface area (Å²) in [6.45, 7) is 8.99. The van der Waals surface area contributed by atoms with Gasteiger partial charge in [-0.2, -0.15) is 0 Å². The van der Waals surface area contributed by atoms with E-state index in [2.05, 4.69) is 63.6 Å². The molecule has 0 amide bonds. The van der Waals surface area contributed by atoms with Gasteiger partial charge in [-0.3, -0.25) is 0 Å². The number of hydrogen-bond acceptors (Lipinski definition) is 3. The van der Waals surface area contributed by atoms with Gasteiger partial charge in [-0.05, 0) is 32.3 Å². The summed E-state index contributed by atoms with van der Waals surface area (Å²) in [5, 5.41) is 14.9. The monoisotopic (exact) mass is 340 g/mol. The molecule has 1 heterocycles. The van der Waals surface area contributed by atoms with Crippen LogP contribution in [0.15, 0.2) is 48.0 Å². The van der Waals surface area contributed by atoms with Crippen molar-refractivity contribution in [3.63, 3.8) is 0 Å². The van der Waals surface area contributed by atoms with Crippen molar-refractivity contribution < 1.29 is 0 Å². The molecule has 6 nitrogen and oxygen atoms in total. The predicted octanol–water partition coefficient (Wildman–Crippen LogP) is 2.37. The second kappa shape index (κ2) is 9.61. The maximum atomic E-state index is 4.62. The lowest BCUT2D eigenvalue weighted by molar-refractivity contribution is 0.593. The van der Waals surface area contributed by atoms with E-state index >= 15 is 0 Å². The third-order valence-corrected chi connectivity index (χ3v) is 4.07. The zero-order chi connectivity index (χ0) is 18.1. The van der Waals surface area contributed by atoms with Crippen molar-refractivity contribution in [3.8, 4) is 0 Å². The second-order valence-corrected chi connectivity index (χ2v) is 6.13. The van der Waals surface area contributed by atoms with E-state index in [0.717, 1.165) is 30.5 Å². The van der Waals surface area contributed by atoms with Crippen LogP contribution in [0.2, 0.25) is 0 Å². The van der Waals surface area contributed by atoms with Gasteiger partial charge in [-0.1, -0.05) is 36.4 Å². The number of nitrogens with zero attached hydrogens (tertiary/aromatic N) is 4. The molecule has 0 aliphatic rings. The largest absolute Gasteiger partial charge is 0.354 e. The Balaban J connectivity index is 1.92. The van der Waals surface area contributed by atoms with Gasteiger partial charge in [0.25, 0.3) is 0 Å². The first-order valence-electron chi connectivity index (χ1n) is 8.64. The molecule has 0 aliphatic heterocycles. The van der Waals surface area contributed by atoms with Crippen molar-refractivity contribution in [1.29, 1.82) is 0 Å². The van der Waals surface area contributed by atoms with Gasteiger partial charge < -0.3 is 15.2 Å². The van der Waals surface area contributed by atoms with Crippen LogP contribution < -0.4 is 10.6 Å². The summed E-state index contributed by atoms with van der Waals surface area (Å²) >= 11 is 0. The van der Waals surface area contributed by atoms with E-state index in [4.69, 9.17) is 0 Å². The minimum Gasteiger partial charge on any atom is -0.354 e. The zero-order valence-electron chi connectivity index (χ0n) is 15.4. The van der Waals surface area contributed by atoms with Crippen LogP contribution in [0.1, 0.15) is 30.6 Å². The quantitative estimate of drug-likeness (QED) is 0.440. The molecule has 0 saturated heterocycles. The fraction of sp³-hybridized carbons (Fsp3) is 0.421. The molecule has 0 fully saturated rings. The SMILES string of the molecule is C=CCNC(=NCc1nnc(C)n1C)NC(C)CCc1ccccc1. The summed E-state index contributed by atoms with van der Waals surface area (Å²) < 4.78 is 1.95. The lowest BCUT2D eigenvalue weighted by Crippen LogP contribution is -2.42. The van der Waals surface area contributed by atoms with E-state index < -0.39 is 0 Å². The molecule has 0 saturated carbocycles. The van der Waals surface area contributed by atoms with Crippen LogP contribution in [-0.4, -0.2) is 33.3 Å². The molecule has 0 aliphatic carbocycles. The van der Waals surface area contributed by atoms with Gasteiger partial charge >= 0.3 is 0 Å². The molecule has 2 N–H and O–H groups in total. The number of hydrogen-bond donors (Lipinski definition) is 2. The van der Waals surface area contributed by atoms with Crippen molar-refractivity contribution in [3.05, 3.63) is 60.2 Å². The van der Waals surface area contributed by atoms with Crippen molar-refractivity contribution in [2.45, 2.75) is 39.3 Å². The van der Waals surface area contributed by atoms with Crippen LogP contribution in [-0.2, 0) is 20.0 Å². The van der Waals surface area contributed by atoms with Gasteiger partial charge in [-0.15, -0.1) is 16.8 Å². The van der Waals surface area contributed by atoms with Crippen molar-refractivity contribution in [2.75, 3.05) is 6.54 Å². The molecule has 1 unspecified atom stereocenters. The molecule has 0 radical (unpaired) electrons. The number of aliphatic imine (C=N–C) groups is 1. The molecule has 25 heavy (non-hydrogen) atoms. The molecule has 1 aromatic heterocycles. The first-order valence-corrected chi connectivity index (χ1v) is 8.64. The maximum Gasteiger partial charge on any atom is 0.192 e. The molecule has 1 aromatic carbocycles. The van der Waals surface area contributed by atoms with Gasteiger partial charge in [-0.25, -0.2) is 4.99 Å². The van der Waals surface area contributed by atoms with E-state index in [1.54, 1.807) is 0 Å². The van der Waals surface area contributed by atoms with E-state index in [-0.39, 0.29) is 0 Å². The summed E-state index contributed by atoms with van der Waals surface area (Å²) in [4.78, 5) is 4.62. The molecule has 0 bridgehead atoms. The molecular formula is C19H28N6. The van der Waals surface area contributed by atoms with Crippen LogP contribution in [0.25, 0.3) is 0 Å². The third-order valence-electron chi connectivity index (χ3n) is 4.07. The number of aromatic nitrogens is 3. The molecule has 134 valence electrons. The smallest absolute Gasteiger partial charge is 0.192 e. The van der Waals surface area contributed by atoms with Gasteiger partial charge in [0.1, 0.15) is 12.4 Å². The second-order valence-electron chi connectivity index (χ2n) is 6.13. The number of rotatable bonds is 8. The van der Waals surface area contributed by atoms with Crippen LogP contribution in [0, 0.1) is 6.92 Å². The number of benzene rings is 1. The molecule has 2 aromatic rings. The highest BCUT2D eigenvalue weighted by Crippen LogP contribution is 2.05. The third kappa shape index (κ3) is 6.06. The van der Waals surface area contributed by atoms with E-state index in [1.165, 1.54) is 5.56 Å². The fourth-order valence-electron chi connectivity index (χ4n) is 2.39. The van der Waals surface area contributed by atoms with Gasteiger partial charge in [0, 0.05) is 19.6 Å². The van der Waals surface area contributed by atoms with Crippen molar-refractivity contribution in [1.82, 2.24) is 25.4 Å². The van der Waals surface area contributed by atoms with Gasteiger partial charge in [0.05, 0.1) is 0 Å². The van der Waals surface area contributed by atoms with Crippen molar-refractivity contribution >= 4 is 5.96 Å². The van der Waals surface area contributed by atoms with E-state index in [1.807, 2.05) is 30.7 Å². The summed E-state index contributed by atoms with van der Waals surface area (Å²) in [6, 6.07) is 10.8. The molecule has 1 atom stereocenters. The minimum absolute atomic E-state index is 0.303. The topological polar surface area (TPSA) is 67.1 Å². The van der Waals surface area contributed by atoms with Gasteiger partial charge in [0.15, 0.2) is 11.8 Å². The van der Waals surface area contributed by atoms with Gasteiger partial charge in [0.2, 0.25) is 0 Å². The summed E-state index contributed by atoms with van der Waals surface area (Å²) in [5.41, 5.74) is 1.35. The van der Waals surface area contributed by atoms with Crippen LogP contribution >= 0.6 is 0 Å². The summed E-state index contributed by atoms with van der Waals surface area (Å²) in [5.74, 6) is 2.49. The predicted molar refractivity (Wildman–Crippen MR) is 102 cm³/mol. The Bertz CT molecular complexity index is 689. The van der Waals surface area contributed by atoms with E-state index in [9.17, 15) is 0 Å². The Labute approximate surface area is 150 Å². The molecule has 0 spiro atoms. The molecule has 2 rings (SSSR count). The van der Waals surface area contributed by atoms with E-state index in [0.29, 0.717) is 19.1 Å². The Morgan fingerprint density at radius 2 is 2.08 bits per heavy atom. The highest BCUT2D eigenvalue weighted by atomic mass is 15.3. The number of guanidine groups is 1. The average molecular weight is 340 g/mol. The van der Waals surface area contributed by atoms with Crippen molar-refractivity contribution in [2.24, 2.45) is 12.0 Å². The lowest BCUT2D eigenvalue weighted by Gasteiger charge is -2.18. The minimum atomic E-state index is 0.303. The molecular weight excluding hydrogens is 312 g/mol. The Morgan fingerprint density at radius 1 is 1.32 bits per heavy atom. The normalized spacial score (nSPS) is 12.7. The van der Waals surface area contributed by atoms with Crippen LogP contribution in [0.4, 0.5) is 0 Å². The number of nitrogens with one attached hydrogen (secondary N) is 2. The van der Waals surface area contributed by atoms with Crippen LogP contribution in [0.5, 0.6) is 0 Å². The summed E-state index contributed by atoms with van der Waals surface area (Å²) in [7, 11) is 1.95.